The molecule has 0 spiro atoms. The second-order valence-corrected chi connectivity index (χ2v) is 4.70. The van der Waals surface area contributed by atoms with Gasteiger partial charge in [-0.1, -0.05) is 30.0 Å². The highest BCUT2D eigenvalue weighted by Crippen LogP contribution is 2.31. The molecule has 0 aliphatic carbocycles. The van der Waals surface area contributed by atoms with Crippen LogP contribution in [0.4, 0.5) is 0 Å². The molecular formula is C12H13NS. The zero-order chi connectivity index (χ0) is 9.97. The van der Waals surface area contributed by atoms with Gasteiger partial charge in [0.05, 0.1) is 6.54 Å². The van der Waals surface area contributed by atoms with Crippen LogP contribution in [-0.4, -0.2) is 12.8 Å². The lowest BCUT2D eigenvalue weighted by Crippen LogP contribution is -1.94. The van der Waals surface area contributed by atoms with Crippen LogP contribution < -0.4 is 0 Å². The van der Waals surface area contributed by atoms with Crippen molar-refractivity contribution in [2.75, 3.05) is 6.54 Å². The van der Waals surface area contributed by atoms with Gasteiger partial charge in [-0.25, -0.2) is 0 Å². The molecule has 0 saturated heterocycles. The summed E-state index contributed by atoms with van der Waals surface area (Å²) in [5, 5.41) is 0. The topological polar surface area (TPSA) is 12.4 Å². The number of allylic oxidation sites excluding steroid dienone is 1. The van der Waals surface area contributed by atoms with E-state index in [4.69, 9.17) is 0 Å². The number of hydrogen-bond acceptors (Lipinski definition) is 2. The number of nitrogens with zero attached hydrogens (tertiary/aromatic N) is 1. The van der Waals surface area contributed by atoms with Crippen molar-refractivity contribution in [1.82, 2.24) is 0 Å². The molecule has 0 radical (unpaired) electrons. The molecule has 1 aromatic carbocycles. The maximum absolute atomic E-state index is 4.41. The number of aliphatic imine (C=N–C) groups is 1. The van der Waals surface area contributed by atoms with E-state index in [0.29, 0.717) is 0 Å². The minimum atomic E-state index is 0.827. The molecule has 0 aromatic heterocycles. The minimum Gasteiger partial charge on any atom is -0.288 e. The Labute approximate surface area is 88.9 Å². The number of thioether (sulfide) groups is 1. The summed E-state index contributed by atoms with van der Waals surface area (Å²) in [5.74, 6) is 0. The molecule has 1 heterocycles. The molecule has 1 nitrogen and oxygen atoms in total. The third kappa shape index (κ3) is 1.90. The van der Waals surface area contributed by atoms with Crippen LogP contribution >= 0.6 is 11.8 Å². The third-order valence-corrected chi connectivity index (χ3v) is 3.59. The molecule has 0 fully saturated rings. The van der Waals surface area contributed by atoms with Gasteiger partial charge in [-0.05, 0) is 30.4 Å². The van der Waals surface area contributed by atoms with E-state index in [1.165, 1.54) is 20.9 Å². The molecule has 0 unspecified atom stereocenters. The van der Waals surface area contributed by atoms with E-state index < -0.39 is 0 Å². The Hall–Kier alpha value is -1.02. The Morgan fingerprint density at radius 3 is 2.86 bits per heavy atom. The van der Waals surface area contributed by atoms with Crippen LogP contribution in [0.3, 0.4) is 0 Å². The maximum atomic E-state index is 4.41. The van der Waals surface area contributed by atoms with Gasteiger partial charge >= 0.3 is 0 Å². The van der Waals surface area contributed by atoms with Crippen molar-refractivity contribution in [3.8, 4) is 0 Å². The quantitative estimate of drug-likeness (QED) is 0.628. The Bertz CT molecular complexity index is 405. The third-order valence-electron chi connectivity index (χ3n) is 2.34. The second-order valence-electron chi connectivity index (χ2n) is 3.45. The summed E-state index contributed by atoms with van der Waals surface area (Å²) in [4.78, 5) is 7.08. The first-order chi connectivity index (χ1) is 6.77. The van der Waals surface area contributed by atoms with Crippen molar-refractivity contribution in [3.05, 3.63) is 40.3 Å². The van der Waals surface area contributed by atoms with Crippen molar-refractivity contribution in [2.24, 2.45) is 4.99 Å². The van der Waals surface area contributed by atoms with Crippen LogP contribution in [0.2, 0.25) is 0 Å². The van der Waals surface area contributed by atoms with Crippen molar-refractivity contribution < 1.29 is 0 Å². The fourth-order valence-electron chi connectivity index (χ4n) is 1.32. The van der Waals surface area contributed by atoms with Gasteiger partial charge in [-0.2, -0.15) is 0 Å². The van der Waals surface area contributed by atoms with E-state index in [9.17, 15) is 0 Å². The molecule has 2 rings (SSSR count). The van der Waals surface area contributed by atoms with Crippen LogP contribution in [-0.2, 0) is 0 Å². The fraction of sp³-hybridized carbons (Fsp3) is 0.250. The molecule has 2 heteroatoms. The van der Waals surface area contributed by atoms with Gasteiger partial charge in [-0.15, -0.1) is 0 Å². The first-order valence-corrected chi connectivity index (χ1v) is 5.52. The summed E-state index contributed by atoms with van der Waals surface area (Å²) in [6.45, 7) is 5.14. The molecule has 14 heavy (non-hydrogen) atoms. The number of rotatable bonds is 0. The van der Waals surface area contributed by atoms with Crippen LogP contribution in [0, 0.1) is 0 Å². The highest BCUT2D eigenvalue weighted by Gasteiger charge is 2.06. The molecule has 1 aromatic rings. The molecule has 0 atom stereocenters. The van der Waals surface area contributed by atoms with Gasteiger partial charge in [0.1, 0.15) is 0 Å². The predicted octanol–water partition coefficient (Wildman–Crippen LogP) is 3.51. The Morgan fingerprint density at radius 2 is 2.00 bits per heavy atom. The van der Waals surface area contributed by atoms with Crippen molar-refractivity contribution >= 4 is 18.0 Å². The van der Waals surface area contributed by atoms with E-state index in [1.54, 1.807) is 0 Å². The Morgan fingerprint density at radius 1 is 1.21 bits per heavy atom. The molecule has 0 amide bonds. The lowest BCUT2D eigenvalue weighted by Gasteiger charge is -2.11. The van der Waals surface area contributed by atoms with Crippen LogP contribution in [0.25, 0.3) is 0 Å². The predicted molar refractivity (Wildman–Crippen MR) is 63.1 cm³/mol. The van der Waals surface area contributed by atoms with Gasteiger partial charge in [-0.3, -0.25) is 4.99 Å². The maximum Gasteiger partial charge on any atom is 0.0607 e. The lowest BCUT2D eigenvalue weighted by atomic mass is 10.2. The Kier molecular flexibility index (Phi) is 2.73. The minimum absolute atomic E-state index is 0.827. The summed E-state index contributed by atoms with van der Waals surface area (Å²) in [7, 11) is 0. The largest absolute Gasteiger partial charge is 0.288 e. The smallest absolute Gasteiger partial charge is 0.0607 e. The van der Waals surface area contributed by atoms with Gasteiger partial charge in [0.2, 0.25) is 0 Å². The summed E-state index contributed by atoms with van der Waals surface area (Å²) in [6, 6.07) is 8.39. The van der Waals surface area contributed by atoms with Crippen molar-refractivity contribution in [2.45, 2.75) is 18.7 Å². The molecule has 0 N–H and O–H groups in total. The molecular weight excluding hydrogens is 190 g/mol. The highest BCUT2D eigenvalue weighted by atomic mass is 32.2. The van der Waals surface area contributed by atoms with Gasteiger partial charge in [0.25, 0.3) is 0 Å². The summed E-state index contributed by atoms with van der Waals surface area (Å²) < 4.78 is 0. The van der Waals surface area contributed by atoms with E-state index in [1.807, 2.05) is 18.0 Å². The molecule has 1 aliphatic heterocycles. The summed E-state index contributed by atoms with van der Waals surface area (Å²) in [5.41, 5.74) is 2.59. The van der Waals surface area contributed by atoms with Crippen LogP contribution in [0.15, 0.2) is 44.6 Å². The second kappa shape index (κ2) is 4.01. The van der Waals surface area contributed by atoms with Gasteiger partial charge in [0, 0.05) is 16.7 Å². The van der Waals surface area contributed by atoms with E-state index in [2.05, 4.69) is 43.1 Å². The monoisotopic (exact) mass is 203 g/mol. The van der Waals surface area contributed by atoms with Crippen LogP contribution in [0.5, 0.6) is 0 Å². The fourth-order valence-corrected chi connectivity index (χ4v) is 2.28. The number of fused-ring (bicyclic) bond motifs is 1. The lowest BCUT2D eigenvalue weighted by molar-refractivity contribution is 1.12. The Balaban J connectivity index is 2.46. The zero-order valence-electron chi connectivity index (χ0n) is 8.45. The average Bonchev–Trinajstić information content (AvgIpc) is 2.18. The van der Waals surface area contributed by atoms with E-state index in [0.717, 1.165) is 6.54 Å². The SMILES string of the molecule is C/C1=C(\C)Sc2ccccc2C=NC1. The number of hydrogen-bond donors (Lipinski definition) is 0. The molecule has 72 valence electrons. The molecule has 0 bridgehead atoms. The molecule has 0 saturated carbocycles. The standard InChI is InChI=1S/C12H13NS/c1-9-7-13-8-11-5-3-4-6-12(11)14-10(9)2/h3-6,8H,7H2,1-2H3/b10-9-,13-8?. The highest BCUT2D eigenvalue weighted by molar-refractivity contribution is 8.03. The van der Waals surface area contributed by atoms with E-state index in [-0.39, 0.29) is 0 Å². The zero-order valence-corrected chi connectivity index (χ0v) is 9.27. The number of benzene rings is 1. The normalized spacial score (nSPS) is 21.3. The first kappa shape index (κ1) is 9.53. The van der Waals surface area contributed by atoms with E-state index >= 15 is 0 Å². The van der Waals surface area contributed by atoms with Crippen LogP contribution in [0.1, 0.15) is 19.4 Å². The van der Waals surface area contributed by atoms with Crippen molar-refractivity contribution in [1.29, 1.82) is 0 Å². The van der Waals surface area contributed by atoms with Gasteiger partial charge in [0.15, 0.2) is 0 Å². The molecule has 1 aliphatic rings. The van der Waals surface area contributed by atoms with Gasteiger partial charge < -0.3 is 0 Å². The summed E-state index contributed by atoms with van der Waals surface area (Å²) in [6.07, 6.45) is 1.97. The first-order valence-electron chi connectivity index (χ1n) is 4.70. The van der Waals surface area contributed by atoms with Crippen molar-refractivity contribution in [3.63, 3.8) is 0 Å². The average molecular weight is 203 g/mol. The summed E-state index contributed by atoms with van der Waals surface area (Å²) >= 11 is 1.84.